The molecule has 1 aromatic carbocycles. The van der Waals surface area contributed by atoms with E-state index in [1.165, 1.54) is 16.6 Å². The lowest BCUT2D eigenvalue weighted by molar-refractivity contribution is -0.113. The Morgan fingerprint density at radius 2 is 2.17 bits per heavy atom. The van der Waals surface area contributed by atoms with Crippen molar-refractivity contribution < 1.29 is 4.79 Å². The number of carbonyl (C=O) groups is 1. The number of para-hydroxylation sites is 1. The van der Waals surface area contributed by atoms with E-state index in [1.807, 2.05) is 24.3 Å². The predicted molar refractivity (Wildman–Crippen MR) is 128 cm³/mol. The molecule has 0 radical (unpaired) electrons. The summed E-state index contributed by atoms with van der Waals surface area (Å²) in [5, 5.41) is 13.4. The second kappa shape index (κ2) is 8.70. The van der Waals surface area contributed by atoms with Crippen molar-refractivity contribution in [3.8, 4) is 6.07 Å². The van der Waals surface area contributed by atoms with E-state index in [9.17, 15) is 10.1 Å². The zero-order chi connectivity index (χ0) is 21.3. The number of benzene rings is 1. The second-order valence-electron chi connectivity index (χ2n) is 8.39. The fourth-order valence-electron chi connectivity index (χ4n) is 3.95. The summed E-state index contributed by atoms with van der Waals surface area (Å²) < 4.78 is 2.02. The van der Waals surface area contributed by atoms with Gasteiger partial charge in [-0.1, -0.05) is 51.1 Å². The number of nitrogens with zero attached hydrogens (tertiary/aromatic N) is 2. The number of carbonyl (C=O) groups excluding carboxylic acids is 1. The molecule has 2 aromatic heterocycles. The number of nitrogens with one attached hydrogen (secondary N) is 1. The first-order valence-electron chi connectivity index (χ1n) is 10.2. The molecule has 0 spiro atoms. The minimum Gasteiger partial charge on any atom is -0.316 e. The normalized spacial score (nSPS) is 16.3. The summed E-state index contributed by atoms with van der Waals surface area (Å²) in [6.07, 6.45) is 4.20. The number of aromatic nitrogens is 1. The Balaban J connectivity index is 1.44. The number of thiazole rings is 1. The quantitative estimate of drug-likeness (QED) is 0.431. The van der Waals surface area contributed by atoms with Gasteiger partial charge in [-0.3, -0.25) is 4.79 Å². The first-order chi connectivity index (χ1) is 14.4. The number of hydrogen-bond acceptors (Lipinski definition) is 6. The summed E-state index contributed by atoms with van der Waals surface area (Å²) >= 11 is 4.64. The molecular weight excluding hydrogens is 430 g/mol. The van der Waals surface area contributed by atoms with Gasteiger partial charge in [0.2, 0.25) is 5.91 Å². The van der Waals surface area contributed by atoms with E-state index in [0.717, 1.165) is 45.8 Å². The van der Waals surface area contributed by atoms with E-state index in [-0.39, 0.29) is 5.91 Å². The third kappa shape index (κ3) is 4.27. The molecule has 1 atom stereocenters. The second-order valence-corrected chi connectivity index (χ2v) is 11.7. The molecule has 1 aliphatic carbocycles. The van der Waals surface area contributed by atoms with Gasteiger partial charge in [0.05, 0.1) is 21.5 Å². The van der Waals surface area contributed by atoms with Gasteiger partial charge in [0, 0.05) is 4.88 Å². The van der Waals surface area contributed by atoms with E-state index in [0.29, 0.717) is 27.7 Å². The number of nitriles is 1. The highest BCUT2D eigenvalue weighted by Crippen LogP contribution is 2.45. The van der Waals surface area contributed by atoms with E-state index in [1.54, 1.807) is 22.7 Å². The highest BCUT2D eigenvalue weighted by molar-refractivity contribution is 8.01. The molecule has 1 amide bonds. The first-order valence-corrected chi connectivity index (χ1v) is 12.9. The predicted octanol–water partition coefficient (Wildman–Crippen LogP) is 6.50. The molecule has 1 aliphatic rings. The molecule has 7 heteroatoms. The minimum absolute atomic E-state index is 0.0835. The molecule has 1 unspecified atom stereocenters. The van der Waals surface area contributed by atoms with Gasteiger partial charge in [-0.15, -0.1) is 22.7 Å². The Kier molecular flexibility index (Phi) is 6.19. The van der Waals surface area contributed by atoms with Crippen LogP contribution in [-0.4, -0.2) is 16.6 Å². The topological polar surface area (TPSA) is 65.8 Å². The van der Waals surface area contributed by atoms with E-state index in [4.69, 9.17) is 0 Å². The van der Waals surface area contributed by atoms with Crippen molar-refractivity contribution >= 4 is 55.6 Å². The molecule has 30 heavy (non-hydrogen) atoms. The van der Waals surface area contributed by atoms with Crippen LogP contribution in [0.1, 0.15) is 49.6 Å². The van der Waals surface area contributed by atoms with Crippen LogP contribution in [-0.2, 0) is 17.6 Å². The molecule has 0 saturated carbocycles. The number of fused-ring (bicyclic) bond motifs is 2. The van der Waals surface area contributed by atoms with Gasteiger partial charge in [-0.25, -0.2) is 4.98 Å². The van der Waals surface area contributed by atoms with Crippen molar-refractivity contribution in [1.82, 2.24) is 4.98 Å². The van der Waals surface area contributed by atoms with Crippen molar-refractivity contribution in [3.63, 3.8) is 0 Å². The van der Waals surface area contributed by atoms with E-state index < -0.39 is 0 Å². The molecule has 156 valence electrons. The zero-order valence-electron chi connectivity index (χ0n) is 17.4. The molecular formula is C23H25N3OS3. The van der Waals surface area contributed by atoms with Gasteiger partial charge in [0.15, 0.2) is 4.34 Å². The Labute approximate surface area is 189 Å². The third-order valence-corrected chi connectivity index (χ3v) is 9.60. The van der Waals surface area contributed by atoms with Crippen molar-refractivity contribution in [2.45, 2.75) is 50.8 Å². The highest BCUT2D eigenvalue weighted by Gasteiger charge is 2.34. The lowest BCUT2D eigenvalue weighted by atomic mass is 9.69. The Morgan fingerprint density at radius 3 is 2.90 bits per heavy atom. The van der Waals surface area contributed by atoms with Crippen LogP contribution < -0.4 is 5.32 Å². The fourth-order valence-corrected chi connectivity index (χ4v) is 7.11. The van der Waals surface area contributed by atoms with E-state index in [2.05, 4.69) is 37.1 Å². The van der Waals surface area contributed by atoms with Crippen LogP contribution in [0.3, 0.4) is 0 Å². The van der Waals surface area contributed by atoms with Crippen LogP contribution in [0.2, 0.25) is 0 Å². The molecule has 0 fully saturated rings. The number of amides is 1. The molecule has 1 N–H and O–H groups in total. The van der Waals surface area contributed by atoms with Crippen molar-refractivity contribution in [3.05, 3.63) is 40.3 Å². The first kappa shape index (κ1) is 21.4. The summed E-state index contributed by atoms with van der Waals surface area (Å²) in [5.41, 5.74) is 3.08. The standard InChI is InChI=1S/C23H25N3OS3/c1-4-23(2,3)14-9-10-15-16(12-24)21(29-19(15)11-14)26-20(27)13-28-22-25-17-7-5-6-8-18(17)30-22/h5-8,14H,4,9-11,13H2,1-3H3,(H,26,27). The average Bonchev–Trinajstić information content (AvgIpc) is 3.31. The summed E-state index contributed by atoms with van der Waals surface area (Å²) in [4.78, 5) is 18.4. The third-order valence-electron chi connectivity index (χ3n) is 6.25. The lowest BCUT2D eigenvalue weighted by Gasteiger charge is -2.36. The highest BCUT2D eigenvalue weighted by atomic mass is 32.2. The van der Waals surface area contributed by atoms with Crippen LogP contribution in [0, 0.1) is 22.7 Å². The van der Waals surface area contributed by atoms with Crippen LogP contribution in [0.15, 0.2) is 28.6 Å². The van der Waals surface area contributed by atoms with Crippen molar-refractivity contribution in [2.75, 3.05) is 11.1 Å². The molecule has 0 bridgehead atoms. The largest absolute Gasteiger partial charge is 0.316 e. The summed E-state index contributed by atoms with van der Waals surface area (Å²) in [6.45, 7) is 6.92. The maximum absolute atomic E-state index is 12.6. The zero-order valence-corrected chi connectivity index (χ0v) is 19.9. The smallest absolute Gasteiger partial charge is 0.235 e. The number of hydrogen-bond donors (Lipinski definition) is 1. The number of rotatable bonds is 6. The van der Waals surface area contributed by atoms with Gasteiger partial charge in [0.25, 0.3) is 0 Å². The SMILES string of the molecule is CCC(C)(C)C1CCc2c(sc(NC(=O)CSc3nc4ccccc4s3)c2C#N)C1. The molecule has 3 aromatic rings. The summed E-state index contributed by atoms with van der Waals surface area (Å²) in [5.74, 6) is 0.830. The van der Waals surface area contributed by atoms with E-state index >= 15 is 0 Å². The van der Waals surface area contributed by atoms with Crippen LogP contribution in [0.25, 0.3) is 10.2 Å². The molecule has 0 aliphatic heterocycles. The molecule has 2 heterocycles. The van der Waals surface area contributed by atoms with Gasteiger partial charge < -0.3 is 5.32 Å². The Morgan fingerprint density at radius 1 is 1.37 bits per heavy atom. The Bertz CT molecular complexity index is 1090. The number of thiophene rings is 1. The maximum atomic E-state index is 12.6. The van der Waals surface area contributed by atoms with Gasteiger partial charge >= 0.3 is 0 Å². The number of anilines is 1. The van der Waals surface area contributed by atoms with Gasteiger partial charge in [0.1, 0.15) is 11.1 Å². The van der Waals surface area contributed by atoms with Crippen LogP contribution >= 0.6 is 34.4 Å². The van der Waals surface area contributed by atoms with Crippen LogP contribution in [0.4, 0.5) is 5.00 Å². The maximum Gasteiger partial charge on any atom is 0.235 e. The van der Waals surface area contributed by atoms with Gasteiger partial charge in [-0.2, -0.15) is 5.26 Å². The Hall–Kier alpha value is -1.88. The average molecular weight is 456 g/mol. The summed E-state index contributed by atoms with van der Waals surface area (Å²) in [6, 6.07) is 10.3. The summed E-state index contributed by atoms with van der Waals surface area (Å²) in [7, 11) is 0. The van der Waals surface area contributed by atoms with Crippen LogP contribution in [0.5, 0.6) is 0 Å². The lowest BCUT2D eigenvalue weighted by Crippen LogP contribution is -2.28. The molecule has 0 saturated heterocycles. The fraction of sp³-hybridized carbons (Fsp3) is 0.435. The minimum atomic E-state index is -0.0835. The molecule has 4 rings (SSSR count). The monoisotopic (exact) mass is 455 g/mol. The van der Waals surface area contributed by atoms with Crippen molar-refractivity contribution in [1.29, 1.82) is 5.26 Å². The van der Waals surface area contributed by atoms with Crippen molar-refractivity contribution in [2.24, 2.45) is 11.3 Å². The number of thioether (sulfide) groups is 1. The molecule has 4 nitrogen and oxygen atoms in total. The van der Waals surface area contributed by atoms with Gasteiger partial charge in [-0.05, 0) is 48.3 Å².